The number of benzene rings is 1. The van der Waals surface area contributed by atoms with Gasteiger partial charge in [0.2, 0.25) is 5.78 Å². The number of thiophene rings is 1. The number of hydrogen-bond donors (Lipinski definition) is 0. The highest BCUT2D eigenvalue weighted by atomic mass is 32.1. The lowest BCUT2D eigenvalue weighted by molar-refractivity contribution is -0.132. The van der Waals surface area contributed by atoms with Crippen LogP contribution in [0.4, 0.5) is 0 Å². The Balaban J connectivity index is 1.70. The molecule has 1 heterocycles. The number of nitrogens with zero attached hydrogens (tertiary/aromatic N) is 1. The number of esters is 1. The van der Waals surface area contributed by atoms with Gasteiger partial charge in [0.25, 0.3) is 5.91 Å². The average Bonchev–Trinajstić information content (AvgIpc) is 3.40. The molecule has 2 aromatic rings. The molecule has 0 bridgehead atoms. The second-order valence-corrected chi connectivity index (χ2v) is 7.10. The first-order valence-electron chi connectivity index (χ1n) is 8.95. The molecule has 0 aliphatic heterocycles. The number of rotatable bonds is 7. The van der Waals surface area contributed by atoms with Gasteiger partial charge in [0.05, 0.1) is 10.4 Å². The Morgan fingerprint density at radius 3 is 2.52 bits per heavy atom. The zero-order chi connectivity index (χ0) is 19.2. The fourth-order valence-electron chi connectivity index (χ4n) is 3.12. The van der Waals surface area contributed by atoms with Crippen molar-refractivity contribution in [3.63, 3.8) is 0 Å². The maximum Gasteiger partial charge on any atom is 0.339 e. The van der Waals surface area contributed by atoms with E-state index in [2.05, 4.69) is 6.08 Å². The van der Waals surface area contributed by atoms with Crippen LogP contribution in [0.3, 0.4) is 0 Å². The topological polar surface area (TPSA) is 63.7 Å². The molecule has 0 spiro atoms. The van der Waals surface area contributed by atoms with Gasteiger partial charge < -0.3 is 9.64 Å². The standard InChI is InChI=1S/C21H21NO4S/c1-2-22(15-8-3-4-9-15)19(23)14-26-21(25)17-11-6-5-10-16(17)20(24)18-12-7-13-27-18/h5-8,10-13H,2-4,9,14H2,1H3. The van der Waals surface area contributed by atoms with Crippen molar-refractivity contribution >= 4 is 29.0 Å². The van der Waals surface area contributed by atoms with Crippen molar-refractivity contribution in [1.82, 2.24) is 4.90 Å². The fourth-order valence-corrected chi connectivity index (χ4v) is 3.80. The average molecular weight is 383 g/mol. The van der Waals surface area contributed by atoms with Crippen molar-refractivity contribution in [1.29, 1.82) is 0 Å². The lowest BCUT2D eigenvalue weighted by Crippen LogP contribution is -2.33. The van der Waals surface area contributed by atoms with E-state index in [4.69, 9.17) is 4.74 Å². The summed E-state index contributed by atoms with van der Waals surface area (Å²) in [5, 5.41) is 1.81. The minimum atomic E-state index is -0.666. The summed E-state index contributed by atoms with van der Waals surface area (Å²) in [6.45, 7) is 2.09. The Hall–Kier alpha value is -2.73. The number of ether oxygens (including phenoxy) is 1. The van der Waals surface area contributed by atoms with Crippen LogP contribution in [-0.2, 0) is 9.53 Å². The van der Waals surface area contributed by atoms with E-state index in [1.54, 1.807) is 41.3 Å². The van der Waals surface area contributed by atoms with E-state index >= 15 is 0 Å². The Labute approximate surface area is 162 Å². The molecule has 1 aliphatic rings. The lowest BCUT2D eigenvalue weighted by Gasteiger charge is -2.22. The number of hydrogen-bond acceptors (Lipinski definition) is 5. The summed E-state index contributed by atoms with van der Waals surface area (Å²) in [6, 6.07) is 10.0. The summed E-state index contributed by atoms with van der Waals surface area (Å²) < 4.78 is 5.23. The highest BCUT2D eigenvalue weighted by molar-refractivity contribution is 7.12. The van der Waals surface area contributed by atoms with Gasteiger partial charge in [-0.2, -0.15) is 0 Å². The predicted octanol–water partition coefficient (Wildman–Crippen LogP) is 4.05. The minimum Gasteiger partial charge on any atom is -0.452 e. The Morgan fingerprint density at radius 1 is 1.11 bits per heavy atom. The third kappa shape index (κ3) is 4.34. The maximum atomic E-state index is 12.6. The van der Waals surface area contributed by atoms with Crippen LogP contribution < -0.4 is 0 Å². The van der Waals surface area contributed by atoms with Gasteiger partial charge in [0.1, 0.15) is 0 Å². The van der Waals surface area contributed by atoms with Crippen molar-refractivity contribution in [3.05, 3.63) is 69.6 Å². The van der Waals surface area contributed by atoms with Crippen LogP contribution in [0.15, 0.2) is 53.6 Å². The highest BCUT2D eigenvalue weighted by Gasteiger charge is 2.23. The van der Waals surface area contributed by atoms with Crippen LogP contribution in [0.25, 0.3) is 0 Å². The summed E-state index contributed by atoms with van der Waals surface area (Å²) in [4.78, 5) is 39.8. The van der Waals surface area contributed by atoms with Gasteiger partial charge in [-0.1, -0.05) is 30.3 Å². The molecule has 1 aliphatic carbocycles. The maximum absolute atomic E-state index is 12.6. The minimum absolute atomic E-state index is 0.173. The smallest absolute Gasteiger partial charge is 0.339 e. The molecule has 0 unspecified atom stereocenters. The molecule has 0 fully saturated rings. The van der Waals surface area contributed by atoms with Crippen molar-refractivity contribution in [2.75, 3.05) is 13.2 Å². The van der Waals surface area contributed by atoms with Gasteiger partial charge in [-0.3, -0.25) is 9.59 Å². The Morgan fingerprint density at radius 2 is 1.89 bits per heavy atom. The third-order valence-electron chi connectivity index (χ3n) is 4.44. The fraction of sp³-hybridized carbons (Fsp3) is 0.286. The van der Waals surface area contributed by atoms with Gasteiger partial charge in [-0.25, -0.2) is 4.79 Å². The summed E-state index contributed by atoms with van der Waals surface area (Å²) in [7, 11) is 0. The van der Waals surface area contributed by atoms with Gasteiger partial charge in [0, 0.05) is 17.8 Å². The van der Waals surface area contributed by atoms with Crippen LogP contribution in [-0.4, -0.2) is 35.7 Å². The molecular formula is C21H21NO4S. The quantitative estimate of drug-likeness (QED) is 0.534. The molecule has 0 saturated carbocycles. The molecule has 27 heavy (non-hydrogen) atoms. The van der Waals surface area contributed by atoms with E-state index in [9.17, 15) is 14.4 Å². The van der Waals surface area contributed by atoms with Crippen molar-refractivity contribution in [2.45, 2.75) is 26.2 Å². The molecule has 5 nitrogen and oxygen atoms in total. The Kier molecular flexibility index (Phi) is 6.19. The van der Waals surface area contributed by atoms with Gasteiger partial charge in [-0.05, 0) is 43.7 Å². The molecular weight excluding hydrogens is 362 g/mol. The molecule has 0 N–H and O–H groups in total. The monoisotopic (exact) mass is 383 g/mol. The van der Waals surface area contributed by atoms with Gasteiger partial charge in [-0.15, -0.1) is 11.3 Å². The van der Waals surface area contributed by atoms with E-state index in [-0.39, 0.29) is 29.4 Å². The van der Waals surface area contributed by atoms with E-state index in [1.165, 1.54) is 11.3 Å². The van der Waals surface area contributed by atoms with E-state index in [0.29, 0.717) is 11.4 Å². The summed E-state index contributed by atoms with van der Waals surface area (Å²) in [6.07, 6.45) is 4.93. The lowest BCUT2D eigenvalue weighted by atomic mass is 10.0. The second kappa shape index (κ2) is 8.77. The molecule has 3 rings (SSSR count). The van der Waals surface area contributed by atoms with Crippen LogP contribution >= 0.6 is 11.3 Å². The second-order valence-electron chi connectivity index (χ2n) is 6.15. The van der Waals surface area contributed by atoms with Crippen LogP contribution in [0.1, 0.15) is 51.8 Å². The highest BCUT2D eigenvalue weighted by Crippen LogP contribution is 2.22. The van der Waals surface area contributed by atoms with Gasteiger partial charge in [0.15, 0.2) is 6.61 Å². The first-order chi connectivity index (χ1) is 13.1. The largest absolute Gasteiger partial charge is 0.452 e. The number of likely N-dealkylation sites (N-methyl/N-ethyl adjacent to an activating group) is 1. The zero-order valence-electron chi connectivity index (χ0n) is 15.1. The first-order valence-corrected chi connectivity index (χ1v) is 9.83. The number of carbonyl (C=O) groups is 3. The normalized spacial score (nSPS) is 13.1. The van der Waals surface area contributed by atoms with E-state index in [0.717, 1.165) is 25.0 Å². The molecule has 140 valence electrons. The SMILES string of the molecule is CCN(C(=O)COC(=O)c1ccccc1C(=O)c1cccs1)C1=CCCC1. The van der Waals surface area contributed by atoms with Crippen molar-refractivity contribution in [3.8, 4) is 0 Å². The summed E-state index contributed by atoms with van der Waals surface area (Å²) >= 11 is 1.32. The number of amides is 1. The third-order valence-corrected chi connectivity index (χ3v) is 5.31. The molecule has 1 aromatic heterocycles. The summed E-state index contributed by atoms with van der Waals surface area (Å²) in [5.74, 6) is -1.14. The zero-order valence-corrected chi connectivity index (χ0v) is 16.0. The number of carbonyl (C=O) groups excluding carboxylic acids is 3. The Bertz CT molecular complexity index is 870. The van der Waals surface area contributed by atoms with Crippen LogP contribution in [0, 0.1) is 0 Å². The predicted molar refractivity (Wildman–Crippen MR) is 104 cm³/mol. The van der Waals surface area contributed by atoms with E-state index < -0.39 is 5.97 Å². The molecule has 0 atom stereocenters. The van der Waals surface area contributed by atoms with Gasteiger partial charge >= 0.3 is 5.97 Å². The molecule has 0 saturated heterocycles. The first kappa shape index (κ1) is 19.0. The summed E-state index contributed by atoms with van der Waals surface area (Å²) in [5.41, 5.74) is 1.45. The molecule has 1 amide bonds. The van der Waals surface area contributed by atoms with Crippen molar-refractivity contribution < 1.29 is 19.1 Å². The molecule has 0 radical (unpaired) electrons. The van der Waals surface area contributed by atoms with Crippen LogP contribution in [0.2, 0.25) is 0 Å². The van der Waals surface area contributed by atoms with Crippen LogP contribution in [0.5, 0.6) is 0 Å². The molecule has 6 heteroatoms. The molecule has 1 aromatic carbocycles. The number of ketones is 1. The van der Waals surface area contributed by atoms with Crippen molar-refractivity contribution in [2.24, 2.45) is 0 Å². The van der Waals surface area contributed by atoms with E-state index in [1.807, 2.05) is 12.3 Å². The number of allylic oxidation sites excluding steroid dienone is 2.